The maximum atomic E-state index is 13.3. The van der Waals surface area contributed by atoms with Crippen molar-refractivity contribution in [3.8, 4) is 11.5 Å². The molecule has 1 amide bonds. The fraction of sp³-hybridized carbons (Fsp3) is 0.273. The number of rotatable bonds is 11. The smallest absolute Gasteiger partial charge is 0.257 e. The molecule has 3 rings (SSSR count). The summed E-state index contributed by atoms with van der Waals surface area (Å²) in [5, 5.41) is 12.3. The summed E-state index contributed by atoms with van der Waals surface area (Å²) in [6.07, 6.45) is 2.17. The number of ether oxygens (including phenoxy) is 3. The molecule has 1 aromatic heterocycles. The normalized spacial score (nSPS) is 10.8. The van der Waals surface area contributed by atoms with E-state index in [0.29, 0.717) is 41.8 Å². The van der Waals surface area contributed by atoms with Crippen LogP contribution < -0.4 is 14.8 Å². The zero-order chi connectivity index (χ0) is 22.9. The van der Waals surface area contributed by atoms with Crippen molar-refractivity contribution in [2.75, 3.05) is 38.9 Å². The molecule has 0 bridgehead atoms. The second-order valence-corrected chi connectivity index (χ2v) is 8.11. The Morgan fingerprint density at radius 2 is 1.97 bits per heavy atom. The summed E-state index contributed by atoms with van der Waals surface area (Å²) in [4.78, 5) is 17.8. The van der Waals surface area contributed by atoms with Crippen LogP contribution in [0.1, 0.15) is 20.8 Å². The van der Waals surface area contributed by atoms with Gasteiger partial charge in [0, 0.05) is 30.2 Å². The Kier molecular flexibility index (Phi) is 8.81. The molecule has 0 aliphatic rings. The van der Waals surface area contributed by atoms with Gasteiger partial charge in [0.1, 0.15) is 19.0 Å². The number of aliphatic hydroxyl groups is 1. The first-order valence-corrected chi connectivity index (χ1v) is 10.9. The molecule has 0 fully saturated rings. The van der Waals surface area contributed by atoms with Crippen molar-refractivity contribution in [2.45, 2.75) is 6.42 Å². The summed E-state index contributed by atoms with van der Waals surface area (Å²) < 4.78 is 29.4. The van der Waals surface area contributed by atoms with Crippen molar-refractivity contribution in [1.29, 1.82) is 0 Å². The van der Waals surface area contributed by atoms with Crippen LogP contribution in [0.3, 0.4) is 0 Å². The third kappa shape index (κ3) is 6.64. The average molecular weight is 481 g/mol. The van der Waals surface area contributed by atoms with Gasteiger partial charge in [-0.25, -0.2) is 9.37 Å². The summed E-state index contributed by atoms with van der Waals surface area (Å²) in [5.74, 6) is -0.0458. The molecule has 2 N–H and O–H groups in total. The first kappa shape index (κ1) is 23.9. The Balaban J connectivity index is 1.67. The van der Waals surface area contributed by atoms with E-state index in [2.05, 4.69) is 10.3 Å². The lowest BCUT2D eigenvalue weighted by molar-refractivity contribution is 0.102. The van der Waals surface area contributed by atoms with Crippen LogP contribution in [0.15, 0.2) is 42.6 Å². The predicted octanol–water partition coefficient (Wildman–Crippen LogP) is 4.18. The van der Waals surface area contributed by atoms with Crippen LogP contribution in [-0.4, -0.2) is 49.5 Å². The van der Waals surface area contributed by atoms with Crippen molar-refractivity contribution < 1.29 is 28.5 Å². The minimum absolute atomic E-state index is 0.0643. The van der Waals surface area contributed by atoms with Gasteiger partial charge < -0.3 is 19.3 Å². The van der Waals surface area contributed by atoms with Gasteiger partial charge in [0.15, 0.2) is 16.6 Å². The molecular weight excluding hydrogens is 459 g/mol. The monoisotopic (exact) mass is 480 g/mol. The molecule has 3 aromatic rings. The summed E-state index contributed by atoms with van der Waals surface area (Å²) in [5.41, 5.74) is 1.19. The van der Waals surface area contributed by atoms with Crippen LogP contribution in [-0.2, 0) is 11.2 Å². The first-order valence-electron chi connectivity index (χ1n) is 9.69. The van der Waals surface area contributed by atoms with E-state index in [0.717, 1.165) is 10.4 Å². The molecule has 0 radical (unpaired) electrons. The number of anilines is 1. The van der Waals surface area contributed by atoms with Crippen LogP contribution in [0.5, 0.6) is 11.5 Å². The van der Waals surface area contributed by atoms with E-state index in [1.165, 1.54) is 17.4 Å². The van der Waals surface area contributed by atoms with E-state index in [1.807, 2.05) is 0 Å². The van der Waals surface area contributed by atoms with Gasteiger partial charge >= 0.3 is 0 Å². The fourth-order valence-electron chi connectivity index (χ4n) is 2.74. The highest BCUT2D eigenvalue weighted by atomic mass is 35.5. The van der Waals surface area contributed by atoms with Crippen molar-refractivity contribution in [1.82, 2.24) is 4.98 Å². The lowest BCUT2D eigenvalue weighted by Crippen LogP contribution is -2.13. The van der Waals surface area contributed by atoms with Gasteiger partial charge in [0.2, 0.25) is 0 Å². The number of amides is 1. The van der Waals surface area contributed by atoms with Gasteiger partial charge in [-0.1, -0.05) is 17.7 Å². The molecular formula is C22H22ClFN2O5S. The molecule has 10 heteroatoms. The third-order valence-electron chi connectivity index (χ3n) is 4.24. The van der Waals surface area contributed by atoms with Gasteiger partial charge in [-0.2, -0.15) is 0 Å². The zero-order valence-electron chi connectivity index (χ0n) is 17.3. The summed E-state index contributed by atoms with van der Waals surface area (Å²) >= 11 is 7.14. The number of benzene rings is 2. The topological polar surface area (TPSA) is 89.9 Å². The van der Waals surface area contributed by atoms with E-state index < -0.39 is 5.82 Å². The number of thiazole rings is 1. The van der Waals surface area contributed by atoms with Gasteiger partial charge in [0.25, 0.3) is 5.91 Å². The van der Waals surface area contributed by atoms with E-state index in [9.17, 15) is 9.18 Å². The van der Waals surface area contributed by atoms with Crippen LogP contribution in [0, 0.1) is 5.82 Å². The molecule has 32 heavy (non-hydrogen) atoms. The number of nitrogens with zero attached hydrogens (tertiary/aromatic N) is 1. The van der Waals surface area contributed by atoms with Crippen molar-refractivity contribution >= 4 is 34.0 Å². The van der Waals surface area contributed by atoms with E-state index in [1.54, 1.807) is 43.6 Å². The summed E-state index contributed by atoms with van der Waals surface area (Å²) in [6, 6.07) is 9.33. The number of methoxy groups -OCH3 is 1. The number of aromatic nitrogens is 1. The highest BCUT2D eigenvalue weighted by molar-refractivity contribution is 7.15. The third-order valence-corrected chi connectivity index (χ3v) is 5.44. The first-order chi connectivity index (χ1) is 15.5. The van der Waals surface area contributed by atoms with Crippen LogP contribution in [0.25, 0.3) is 0 Å². The number of aliphatic hydroxyl groups excluding tert-OH is 1. The van der Waals surface area contributed by atoms with Gasteiger partial charge in [-0.15, -0.1) is 11.3 Å². The predicted molar refractivity (Wildman–Crippen MR) is 121 cm³/mol. The number of carbonyl (C=O) groups is 1. The Hall–Kier alpha value is -2.72. The second kappa shape index (κ2) is 11.8. The van der Waals surface area contributed by atoms with Crippen molar-refractivity contribution in [2.24, 2.45) is 0 Å². The lowest BCUT2D eigenvalue weighted by atomic mass is 10.1. The number of halogens is 2. The fourth-order valence-corrected chi connectivity index (χ4v) is 3.78. The molecule has 0 saturated carbocycles. The number of carbonyl (C=O) groups excluding carboxylic acids is 1. The molecule has 0 aliphatic carbocycles. The minimum Gasteiger partial charge on any atom is -0.487 e. The Bertz CT molecular complexity index is 1060. The molecule has 0 atom stereocenters. The molecule has 0 aliphatic heterocycles. The molecule has 2 aromatic carbocycles. The maximum absolute atomic E-state index is 13.3. The molecule has 0 saturated heterocycles. The standard InChI is InChI=1S/C22H22ClFN2O5S/c1-29-8-9-31-19-5-3-15(12-20(19)30-7-6-27)21(28)26-22-25-13-16(32-22)10-14-2-4-18(24)17(23)11-14/h2-5,11-13,27H,6-10H2,1H3,(H,25,26,28). The average Bonchev–Trinajstić information content (AvgIpc) is 3.22. The Morgan fingerprint density at radius 1 is 1.16 bits per heavy atom. The summed E-state index contributed by atoms with van der Waals surface area (Å²) in [7, 11) is 1.57. The second-order valence-electron chi connectivity index (χ2n) is 6.59. The summed E-state index contributed by atoms with van der Waals surface area (Å²) in [6.45, 7) is 0.612. The maximum Gasteiger partial charge on any atom is 0.257 e. The van der Waals surface area contributed by atoms with Crippen molar-refractivity contribution in [3.05, 3.63) is 69.4 Å². The SMILES string of the molecule is COCCOc1ccc(C(=O)Nc2ncc(Cc3ccc(F)c(Cl)c3)s2)cc1OCCO. The zero-order valence-corrected chi connectivity index (χ0v) is 18.8. The number of hydrogen-bond donors (Lipinski definition) is 2. The van der Waals surface area contributed by atoms with Gasteiger partial charge in [-0.3, -0.25) is 10.1 Å². The van der Waals surface area contributed by atoms with Crippen molar-refractivity contribution in [3.63, 3.8) is 0 Å². The highest BCUT2D eigenvalue weighted by Crippen LogP contribution is 2.29. The molecule has 7 nitrogen and oxygen atoms in total. The van der Waals surface area contributed by atoms with Crippen LogP contribution in [0.2, 0.25) is 5.02 Å². The van der Waals surface area contributed by atoms with Crippen LogP contribution in [0.4, 0.5) is 9.52 Å². The van der Waals surface area contributed by atoms with Gasteiger partial charge in [-0.05, 0) is 35.9 Å². The minimum atomic E-state index is -0.467. The molecule has 170 valence electrons. The largest absolute Gasteiger partial charge is 0.487 e. The van der Waals surface area contributed by atoms with E-state index in [-0.39, 0.29) is 24.1 Å². The molecule has 0 unspecified atom stereocenters. The Morgan fingerprint density at radius 3 is 2.72 bits per heavy atom. The molecule has 1 heterocycles. The van der Waals surface area contributed by atoms with E-state index >= 15 is 0 Å². The quantitative estimate of drug-likeness (QED) is 0.400. The van der Waals surface area contributed by atoms with Gasteiger partial charge in [0.05, 0.1) is 18.2 Å². The lowest BCUT2D eigenvalue weighted by Gasteiger charge is -2.13. The molecule has 0 spiro atoms. The van der Waals surface area contributed by atoms with Crippen LogP contribution >= 0.6 is 22.9 Å². The van der Waals surface area contributed by atoms with E-state index in [4.69, 9.17) is 30.9 Å². The highest BCUT2D eigenvalue weighted by Gasteiger charge is 2.14. The number of hydrogen-bond acceptors (Lipinski definition) is 7. The Labute approximate surface area is 193 Å². The number of nitrogens with one attached hydrogen (secondary N) is 1.